The molecule has 1 aromatic carbocycles. The molecule has 1 N–H and O–H groups in total. The quantitative estimate of drug-likeness (QED) is 0.775. The van der Waals surface area contributed by atoms with Crippen LogP contribution in [0.15, 0.2) is 47.1 Å². The van der Waals surface area contributed by atoms with Crippen molar-refractivity contribution in [1.82, 2.24) is 9.88 Å². The first kappa shape index (κ1) is 16.0. The van der Waals surface area contributed by atoms with E-state index in [1.54, 1.807) is 6.26 Å². The smallest absolute Gasteiger partial charge is 0.268 e. The predicted molar refractivity (Wildman–Crippen MR) is 95.8 cm³/mol. The molecular weight excluding hydrogens is 316 g/mol. The summed E-state index contributed by atoms with van der Waals surface area (Å²) in [6.45, 7) is 4.06. The average molecular weight is 338 g/mol. The van der Waals surface area contributed by atoms with E-state index in [1.807, 2.05) is 28.8 Å². The van der Waals surface area contributed by atoms with Gasteiger partial charge >= 0.3 is 0 Å². The molecule has 1 saturated heterocycles. The van der Waals surface area contributed by atoms with E-state index in [0.717, 1.165) is 30.5 Å². The van der Waals surface area contributed by atoms with Gasteiger partial charge in [0.15, 0.2) is 5.58 Å². The molecule has 0 saturated carbocycles. The maximum absolute atomic E-state index is 12.7. The van der Waals surface area contributed by atoms with Gasteiger partial charge in [-0.25, -0.2) is 0 Å². The number of nitrogens with one attached hydrogen (secondary N) is 1. The number of aromatic nitrogens is 1. The lowest BCUT2D eigenvalue weighted by atomic mass is 10.1. The number of hydrogen-bond acceptors (Lipinski definition) is 3. The largest absolute Gasteiger partial charge is 0.463 e. The summed E-state index contributed by atoms with van der Waals surface area (Å²) in [5, 5.41) is 3.01. The first-order valence-electron chi connectivity index (χ1n) is 8.73. The summed E-state index contributed by atoms with van der Waals surface area (Å²) < 4.78 is 13.1. The van der Waals surface area contributed by atoms with Crippen molar-refractivity contribution in [3.63, 3.8) is 0 Å². The predicted octanol–water partition coefficient (Wildman–Crippen LogP) is 3.50. The summed E-state index contributed by atoms with van der Waals surface area (Å²) in [4.78, 5) is 12.7. The number of fused-ring (bicyclic) bond motifs is 1. The van der Waals surface area contributed by atoms with Crippen molar-refractivity contribution in [1.29, 1.82) is 0 Å². The van der Waals surface area contributed by atoms with Crippen LogP contribution in [0.25, 0.3) is 11.1 Å². The molecular formula is C20H22N2O3. The van der Waals surface area contributed by atoms with Crippen LogP contribution in [0.2, 0.25) is 0 Å². The van der Waals surface area contributed by atoms with Gasteiger partial charge in [0.2, 0.25) is 0 Å². The van der Waals surface area contributed by atoms with Gasteiger partial charge in [0, 0.05) is 31.8 Å². The molecule has 0 aliphatic carbocycles. The Bertz CT molecular complexity index is 887. The number of benzene rings is 1. The van der Waals surface area contributed by atoms with Gasteiger partial charge < -0.3 is 19.0 Å². The molecule has 1 aliphatic heterocycles. The fraction of sp³-hybridized carbons (Fsp3) is 0.350. The first-order valence-corrected chi connectivity index (χ1v) is 8.73. The molecule has 1 fully saturated rings. The van der Waals surface area contributed by atoms with Crippen molar-refractivity contribution in [2.24, 2.45) is 0 Å². The normalized spacial score (nSPS) is 17.2. The van der Waals surface area contributed by atoms with Gasteiger partial charge in [0.05, 0.1) is 17.9 Å². The fourth-order valence-corrected chi connectivity index (χ4v) is 3.40. The molecule has 1 atom stereocenters. The minimum Gasteiger partial charge on any atom is -0.463 e. The first-order chi connectivity index (χ1) is 12.2. The minimum absolute atomic E-state index is 0.0875. The Morgan fingerprint density at radius 3 is 3.00 bits per heavy atom. The number of ether oxygens (including phenoxy) is 1. The van der Waals surface area contributed by atoms with E-state index in [-0.39, 0.29) is 12.0 Å². The third kappa shape index (κ3) is 3.20. The molecule has 130 valence electrons. The van der Waals surface area contributed by atoms with Crippen molar-refractivity contribution in [2.75, 3.05) is 13.2 Å². The molecule has 5 heteroatoms. The van der Waals surface area contributed by atoms with E-state index in [0.29, 0.717) is 18.8 Å². The summed E-state index contributed by atoms with van der Waals surface area (Å²) in [6, 6.07) is 12.0. The average Bonchev–Trinajstić information content (AvgIpc) is 3.33. The van der Waals surface area contributed by atoms with Crippen molar-refractivity contribution < 1.29 is 13.9 Å². The lowest BCUT2D eigenvalue weighted by Crippen LogP contribution is -2.33. The van der Waals surface area contributed by atoms with E-state index >= 15 is 0 Å². The molecule has 3 aromatic rings. The Morgan fingerprint density at radius 1 is 1.32 bits per heavy atom. The van der Waals surface area contributed by atoms with Crippen LogP contribution in [0.1, 0.15) is 34.5 Å². The van der Waals surface area contributed by atoms with Crippen LogP contribution in [0.3, 0.4) is 0 Å². The summed E-state index contributed by atoms with van der Waals surface area (Å²) >= 11 is 0. The molecule has 5 nitrogen and oxygen atoms in total. The second kappa shape index (κ2) is 6.76. The Kier molecular flexibility index (Phi) is 4.32. The maximum atomic E-state index is 12.7. The van der Waals surface area contributed by atoms with Crippen molar-refractivity contribution in [2.45, 2.75) is 32.4 Å². The molecule has 1 unspecified atom stereocenters. The zero-order valence-corrected chi connectivity index (χ0v) is 14.3. The molecule has 4 rings (SSSR count). The summed E-state index contributed by atoms with van der Waals surface area (Å²) in [6.07, 6.45) is 3.86. The van der Waals surface area contributed by atoms with Crippen LogP contribution < -0.4 is 5.32 Å². The number of hydrogen-bond donors (Lipinski definition) is 1. The van der Waals surface area contributed by atoms with Crippen LogP contribution in [0.5, 0.6) is 0 Å². The van der Waals surface area contributed by atoms with E-state index in [2.05, 4.69) is 24.4 Å². The number of amides is 1. The second-order valence-corrected chi connectivity index (χ2v) is 6.56. The Labute approximate surface area is 146 Å². The van der Waals surface area contributed by atoms with E-state index in [1.165, 1.54) is 11.1 Å². The van der Waals surface area contributed by atoms with Crippen molar-refractivity contribution in [3.8, 4) is 0 Å². The molecule has 3 heterocycles. The van der Waals surface area contributed by atoms with Gasteiger partial charge in [-0.2, -0.15) is 0 Å². The topological polar surface area (TPSA) is 56.4 Å². The molecule has 0 spiro atoms. The van der Waals surface area contributed by atoms with Gasteiger partial charge in [-0.1, -0.05) is 24.3 Å². The van der Waals surface area contributed by atoms with Crippen molar-refractivity contribution >= 4 is 17.0 Å². The van der Waals surface area contributed by atoms with Crippen LogP contribution in [0, 0.1) is 6.92 Å². The van der Waals surface area contributed by atoms with E-state index < -0.39 is 0 Å². The Balaban J connectivity index is 1.60. The summed E-state index contributed by atoms with van der Waals surface area (Å²) in [7, 11) is 0. The zero-order chi connectivity index (χ0) is 17.2. The van der Waals surface area contributed by atoms with Crippen LogP contribution in [0.4, 0.5) is 0 Å². The molecule has 2 aromatic heterocycles. The van der Waals surface area contributed by atoms with Gasteiger partial charge in [-0.15, -0.1) is 0 Å². The third-order valence-electron chi connectivity index (χ3n) is 4.86. The monoisotopic (exact) mass is 338 g/mol. The number of carbonyl (C=O) groups is 1. The Hall–Kier alpha value is -2.53. The highest BCUT2D eigenvalue weighted by molar-refractivity contribution is 5.97. The Morgan fingerprint density at radius 2 is 2.20 bits per heavy atom. The van der Waals surface area contributed by atoms with E-state index in [9.17, 15) is 4.79 Å². The lowest BCUT2D eigenvalue weighted by molar-refractivity contribution is 0.0851. The maximum Gasteiger partial charge on any atom is 0.268 e. The highest BCUT2D eigenvalue weighted by Crippen LogP contribution is 2.23. The van der Waals surface area contributed by atoms with Gasteiger partial charge in [-0.05, 0) is 30.9 Å². The second-order valence-electron chi connectivity index (χ2n) is 6.56. The highest BCUT2D eigenvalue weighted by Gasteiger charge is 2.21. The zero-order valence-electron chi connectivity index (χ0n) is 14.3. The molecule has 25 heavy (non-hydrogen) atoms. The number of carbonyl (C=O) groups excluding carboxylic acids is 1. The highest BCUT2D eigenvalue weighted by atomic mass is 16.5. The van der Waals surface area contributed by atoms with Crippen LogP contribution in [-0.2, 0) is 11.3 Å². The minimum atomic E-state index is -0.0875. The standard InChI is InChI=1S/C20H22N2O3/c1-14-5-2-3-6-15(14)13-22-17-8-10-25-19(17)11-18(22)20(23)21-12-16-7-4-9-24-16/h2-3,5-6,8,10-11,16H,4,7,9,12-13H2,1H3,(H,21,23). The van der Waals surface area contributed by atoms with Crippen LogP contribution in [-0.4, -0.2) is 29.7 Å². The fourth-order valence-electron chi connectivity index (χ4n) is 3.40. The van der Waals surface area contributed by atoms with Crippen molar-refractivity contribution in [3.05, 3.63) is 59.5 Å². The molecule has 1 aliphatic rings. The SMILES string of the molecule is Cc1ccccc1Cn1c(C(=O)NCC2CCCO2)cc2occc21. The summed E-state index contributed by atoms with van der Waals surface area (Å²) in [5.41, 5.74) is 4.69. The third-order valence-corrected chi connectivity index (χ3v) is 4.86. The van der Waals surface area contributed by atoms with Crippen LogP contribution >= 0.6 is 0 Å². The van der Waals surface area contributed by atoms with Gasteiger partial charge in [0.25, 0.3) is 5.91 Å². The number of nitrogens with zero attached hydrogens (tertiary/aromatic N) is 1. The van der Waals surface area contributed by atoms with Gasteiger partial charge in [0.1, 0.15) is 5.69 Å². The van der Waals surface area contributed by atoms with Gasteiger partial charge in [-0.3, -0.25) is 4.79 Å². The molecule has 0 radical (unpaired) electrons. The number of aryl methyl sites for hydroxylation is 1. The van der Waals surface area contributed by atoms with E-state index in [4.69, 9.17) is 9.15 Å². The summed E-state index contributed by atoms with van der Waals surface area (Å²) in [5.74, 6) is -0.0875. The molecule has 0 bridgehead atoms. The molecule has 1 amide bonds. The number of furan rings is 1. The lowest BCUT2D eigenvalue weighted by Gasteiger charge is -2.14. The number of rotatable bonds is 5.